The molecule has 1 amide bonds. The molecule has 1 aliphatic rings. The Balaban J connectivity index is 1.77. The van der Waals surface area contributed by atoms with Crippen LogP contribution in [0.5, 0.6) is 0 Å². The highest BCUT2D eigenvalue weighted by molar-refractivity contribution is 5.95. The second-order valence-electron chi connectivity index (χ2n) is 7.11. The molecule has 4 rings (SSSR count). The van der Waals surface area contributed by atoms with E-state index in [1.807, 2.05) is 22.9 Å². The summed E-state index contributed by atoms with van der Waals surface area (Å²) in [5.74, 6) is -0.886. The number of halogens is 4. The fourth-order valence-electron chi connectivity index (χ4n) is 3.82. The Labute approximate surface area is 165 Å². The molecular weight excluding hydrogens is 384 g/mol. The molecule has 2 heterocycles. The maximum Gasteiger partial charge on any atom is 0.416 e. The molecule has 3 aromatic rings. The first kappa shape index (κ1) is 19.2. The minimum Gasteiger partial charge on any atom is -0.348 e. The van der Waals surface area contributed by atoms with Crippen molar-refractivity contribution in [3.63, 3.8) is 0 Å². The van der Waals surface area contributed by atoms with E-state index in [1.165, 1.54) is 31.2 Å². The molecule has 0 fully saturated rings. The summed E-state index contributed by atoms with van der Waals surface area (Å²) in [6, 6.07) is 12.7. The van der Waals surface area contributed by atoms with Crippen molar-refractivity contribution in [2.75, 3.05) is 6.54 Å². The highest BCUT2D eigenvalue weighted by atomic mass is 19.4. The van der Waals surface area contributed by atoms with Gasteiger partial charge in [-0.1, -0.05) is 18.2 Å². The summed E-state index contributed by atoms with van der Waals surface area (Å²) in [6.45, 7) is 2.23. The number of benzene rings is 2. The van der Waals surface area contributed by atoms with Crippen molar-refractivity contribution in [3.8, 4) is 0 Å². The molecule has 150 valence electrons. The zero-order chi connectivity index (χ0) is 20.8. The summed E-state index contributed by atoms with van der Waals surface area (Å²) in [6.07, 6.45) is -2.64. The predicted molar refractivity (Wildman–Crippen MR) is 99.9 cm³/mol. The minimum atomic E-state index is -4.53. The van der Waals surface area contributed by atoms with Crippen LogP contribution in [0.25, 0.3) is 0 Å². The second-order valence-corrected chi connectivity index (χ2v) is 7.11. The molecule has 0 bridgehead atoms. The molecule has 0 saturated carbocycles. The molecule has 3 nitrogen and oxygen atoms in total. The SMILES string of the molecule is Cc1ccc(C(=O)N2CCn3cccc3C2c2ccc(F)cc2)cc1C(F)(F)F. The summed E-state index contributed by atoms with van der Waals surface area (Å²) in [5.41, 5.74) is 0.760. The number of alkyl halides is 3. The first-order chi connectivity index (χ1) is 13.8. The van der Waals surface area contributed by atoms with E-state index in [-0.39, 0.29) is 11.1 Å². The third kappa shape index (κ3) is 3.52. The van der Waals surface area contributed by atoms with Crippen molar-refractivity contribution in [1.82, 2.24) is 9.47 Å². The molecule has 0 spiro atoms. The largest absolute Gasteiger partial charge is 0.416 e. The summed E-state index contributed by atoms with van der Waals surface area (Å²) in [5, 5.41) is 0. The fourth-order valence-corrected chi connectivity index (χ4v) is 3.82. The Kier molecular flexibility index (Phi) is 4.68. The number of carbonyl (C=O) groups excluding carboxylic acids is 1. The van der Waals surface area contributed by atoms with E-state index >= 15 is 0 Å². The molecule has 1 atom stereocenters. The Morgan fingerprint density at radius 3 is 2.45 bits per heavy atom. The number of carbonyl (C=O) groups is 1. The normalized spacial score (nSPS) is 16.6. The highest BCUT2D eigenvalue weighted by Crippen LogP contribution is 2.36. The number of aromatic nitrogens is 1. The molecule has 2 aromatic carbocycles. The van der Waals surface area contributed by atoms with Gasteiger partial charge >= 0.3 is 6.18 Å². The van der Waals surface area contributed by atoms with Crippen LogP contribution in [0.1, 0.15) is 38.8 Å². The van der Waals surface area contributed by atoms with Gasteiger partial charge in [0.15, 0.2) is 0 Å². The average Bonchev–Trinajstić information content (AvgIpc) is 3.16. The maximum absolute atomic E-state index is 13.4. The van der Waals surface area contributed by atoms with E-state index in [1.54, 1.807) is 17.0 Å². The lowest BCUT2D eigenvalue weighted by molar-refractivity contribution is -0.138. The molecule has 7 heteroatoms. The van der Waals surface area contributed by atoms with E-state index < -0.39 is 29.5 Å². The molecular formula is C22H18F4N2O. The fraction of sp³-hybridized carbons (Fsp3) is 0.227. The minimum absolute atomic E-state index is 0.0185. The third-order valence-corrected chi connectivity index (χ3v) is 5.27. The molecule has 0 aliphatic carbocycles. The van der Waals surface area contributed by atoms with Gasteiger partial charge in [-0.25, -0.2) is 4.39 Å². The van der Waals surface area contributed by atoms with Gasteiger partial charge in [0.05, 0.1) is 11.6 Å². The number of hydrogen-bond acceptors (Lipinski definition) is 1. The first-order valence-electron chi connectivity index (χ1n) is 9.15. The topological polar surface area (TPSA) is 25.2 Å². The molecule has 0 N–H and O–H groups in total. The van der Waals surface area contributed by atoms with E-state index in [4.69, 9.17) is 0 Å². The lowest BCUT2D eigenvalue weighted by Crippen LogP contribution is -2.42. The Bertz CT molecular complexity index is 1050. The zero-order valence-corrected chi connectivity index (χ0v) is 15.6. The number of rotatable bonds is 2. The van der Waals surface area contributed by atoms with Crippen molar-refractivity contribution in [2.45, 2.75) is 25.7 Å². The van der Waals surface area contributed by atoms with Crippen LogP contribution < -0.4 is 0 Å². The molecule has 1 unspecified atom stereocenters. The van der Waals surface area contributed by atoms with E-state index in [2.05, 4.69) is 0 Å². The molecule has 1 aliphatic heterocycles. The number of fused-ring (bicyclic) bond motifs is 1. The van der Waals surface area contributed by atoms with Crippen LogP contribution in [0.2, 0.25) is 0 Å². The summed E-state index contributed by atoms with van der Waals surface area (Å²) < 4.78 is 55.3. The number of aryl methyl sites for hydroxylation is 1. The Morgan fingerprint density at radius 1 is 1.03 bits per heavy atom. The van der Waals surface area contributed by atoms with Crippen molar-refractivity contribution < 1.29 is 22.4 Å². The Morgan fingerprint density at radius 2 is 1.76 bits per heavy atom. The standard InChI is InChI=1S/C22H18F4N2O/c1-14-4-5-16(13-18(14)22(24,25)26)21(29)28-12-11-27-10-2-3-19(27)20(28)15-6-8-17(23)9-7-15/h2-10,13,20H,11-12H2,1H3. The summed E-state index contributed by atoms with van der Waals surface area (Å²) in [7, 11) is 0. The summed E-state index contributed by atoms with van der Waals surface area (Å²) in [4.78, 5) is 14.8. The van der Waals surface area contributed by atoms with Crippen molar-refractivity contribution >= 4 is 5.91 Å². The van der Waals surface area contributed by atoms with Gasteiger partial charge < -0.3 is 9.47 Å². The molecule has 1 aromatic heterocycles. The number of amides is 1. The van der Waals surface area contributed by atoms with E-state index in [9.17, 15) is 22.4 Å². The van der Waals surface area contributed by atoms with Gasteiger partial charge in [-0.3, -0.25) is 4.79 Å². The van der Waals surface area contributed by atoms with Crippen LogP contribution in [-0.2, 0) is 12.7 Å². The van der Waals surface area contributed by atoms with E-state index in [0.717, 1.165) is 11.8 Å². The smallest absolute Gasteiger partial charge is 0.348 e. The lowest BCUT2D eigenvalue weighted by atomic mass is 9.97. The van der Waals surface area contributed by atoms with Gasteiger partial charge in [-0.2, -0.15) is 13.2 Å². The van der Waals surface area contributed by atoms with Crippen molar-refractivity contribution in [3.05, 3.63) is 94.6 Å². The van der Waals surface area contributed by atoms with Gasteiger partial charge in [0.2, 0.25) is 0 Å². The first-order valence-corrected chi connectivity index (χ1v) is 9.15. The van der Waals surface area contributed by atoms with Crippen LogP contribution in [0.3, 0.4) is 0 Å². The number of nitrogens with zero attached hydrogens (tertiary/aromatic N) is 2. The van der Waals surface area contributed by atoms with E-state index in [0.29, 0.717) is 18.7 Å². The van der Waals surface area contributed by atoms with Crippen LogP contribution in [0, 0.1) is 12.7 Å². The maximum atomic E-state index is 13.4. The molecule has 0 radical (unpaired) electrons. The molecule has 29 heavy (non-hydrogen) atoms. The van der Waals surface area contributed by atoms with Crippen LogP contribution in [0.15, 0.2) is 60.8 Å². The van der Waals surface area contributed by atoms with Gasteiger partial charge in [0.25, 0.3) is 5.91 Å². The van der Waals surface area contributed by atoms with Gasteiger partial charge in [0, 0.05) is 30.5 Å². The lowest BCUT2D eigenvalue weighted by Gasteiger charge is -2.37. The highest BCUT2D eigenvalue weighted by Gasteiger charge is 2.36. The monoisotopic (exact) mass is 402 g/mol. The van der Waals surface area contributed by atoms with Crippen LogP contribution in [-0.4, -0.2) is 21.9 Å². The zero-order valence-electron chi connectivity index (χ0n) is 15.6. The summed E-state index contributed by atoms with van der Waals surface area (Å²) >= 11 is 0. The average molecular weight is 402 g/mol. The van der Waals surface area contributed by atoms with Gasteiger partial charge in [0.1, 0.15) is 5.82 Å². The van der Waals surface area contributed by atoms with Gasteiger partial charge in [-0.15, -0.1) is 0 Å². The predicted octanol–water partition coefficient (Wildman–Crippen LogP) is 5.20. The van der Waals surface area contributed by atoms with Gasteiger partial charge in [-0.05, 0) is 54.4 Å². The molecule has 0 saturated heterocycles. The third-order valence-electron chi connectivity index (χ3n) is 5.27. The van der Waals surface area contributed by atoms with Crippen molar-refractivity contribution in [2.24, 2.45) is 0 Å². The quantitative estimate of drug-likeness (QED) is 0.541. The number of hydrogen-bond donors (Lipinski definition) is 0. The van der Waals surface area contributed by atoms with Crippen molar-refractivity contribution in [1.29, 1.82) is 0 Å². The van der Waals surface area contributed by atoms with Crippen LogP contribution >= 0.6 is 0 Å². The Hall–Kier alpha value is -3.09. The van der Waals surface area contributed by atoms with Crippen LogP contribution in [0.4, 0.5) is 17.6 Å². The second kappa shape index (κ2) is 7.06.